The summed E-state index contributed by atoms with van der Waals surface area (Å²) in [4.78, 5) is 33.9. The van der Waals surface area contributed by atoms with Crippen molar-refractivity contribution >= 4 is 16.9 Å². The van der Waals surface area contributed by atoms with E-state index < -0.39 is 24.0 Å². The molecule has 9 heteroatoms. The van der Waals surface area contributed by atoms with Crippen molar-refractivity contribution in [1.82, 2.24) is 19.5 Å². The molecule has 3 rings (SSSR count). The zero-order valence-electron chi connectivity index (χ0n) is 11.9. The van der Waals surface area contributed by atoms with Crippen LogP contribution in [0, 0.1) is 0 Å². The Balaban J connectivity index is 2.05. The minimum atomic E-state index is -0.841. The van der Waals surface area contributed by atoms with Crippen LogP contribution in [0.15, 0.2) is 11.1 Å². The number of nitrogens with zero attached hydrogens (tertiary/aromatic N) is 3. The van der Waals surface area contributed by atoms with Crippen LogP contribution >= 0.6 is 0 Å². The number of imidazole rings is 1. The number of carbonyl (C=O) groups is 1. The van der Waals surface area contributed by atoms with E-state index in [0.717, 1.165) is 0 Å². The van der Waals surface area contributed by atoms with E-state index in [1.807, 2.05) is 0 Å². The van der Waals surface area contributed by atoms with Gasteiger partial charge in [-0.2, -0.15) is 0 Å². The van der Waals surface area contributed by atoms with Crippen molar-refractivity contribution in [2.24, 2.45) is 0 Å². The molecule has 0 radical (unpaired) electrons. The van der Waals surface area contributed by atoms with Crippen molar-refractivity contribution in [1.29, 1.82) is 0 Å². The molecule has 0 bridgehead atoms. The quantitative estimate of drug-likeness (QED) is 0.653. The Morgan fingerprint density at radius 3 is 3.00 bits per heavy atom. The number of hydrogen-bond acceptors (Lipinski definition) is 7. The van der Waals surface area contributed by atoms with Crippen LogP contribution in [0.5, 0.6) is 0 Å². The molecule has 3 atom stereocenters. The number of ether oxygens (including phenoxy) is 1. The lowest BCUT2D eigenvalue weighted by Gasteiger charge is -2.16. The number of hydrogen-bond donors (Lipinski definition) is 3. The van der Waals surface area contributed by atoms with Crippen molar-refractivity contribution in [3.8, 4) is 0 Å². The molecule has 2 aromatic rings. The zero-order valence-corrected chi connectivity index (χ0v) is 11.9. The Labute approximate surface area is 124 Å². The number of Topliss-reactive ketones (excluding diaryl/α,β-unsaturated/α-hetero) is 1. The SMILES string of the molecule is CC(=O)Cc1nc2c(ncn2C2OC(CO)CC2O)c(=O)[nH]1. The van der Waals surface area contributed by atoms with Gasteiger partial charge in [-0.05, 0) is 6.92 Å². The molecule has 3 unspecified atom stereocenters. The number of aliphatic hydroxyl groups excluding tert-OH is 2. The lowest BCUT2D eigenvalue weighted by molar-refractivity contribution is -0.116. The molecular formula is C13H16N4O5. The van der Waals surface area contributed by atoms with Crippen molar-refractivity contribution < 1.29 is 19.7 Å². The van der Waals surface area contributed by atoms with Crippen LogP contribution in [0.2, 0.25) is 0 Å². The number of aliphatic hydroxyl groups is 2. The fourth-order valence-corrected chi connectivity index (χ4v) is 2.58. The number of ketones is 1. The average molecular weight is 308 g/mol. The van der Waals surface area contributed by atoms with Crippen molar-refractivity contribution in [3.05, 3.63) is 22.5 Å². The van der Waals surface area contributed by atoms with E-state index in [9.17, 15) is 14.7 Å². The van der Waals surface area contributed by atoms with Gasteiger partial charge in [-0.1, -0.05) is 0 Å². The van der Waals surface area contributed by atoms with E-state index >= 15 is 0 Å². The molecule has 3 heterocycles. The molecule has 2 aromatic heterocycles. The largest absolute Gasteiger partial charge is 0.394 e. The number of carbonyl (C=O) groups excluding carboxylic acids is 1. The molecule has 0 aliphatic carbocycles. The fourth-order valence-electron chi connectivity index (χ4n) is 2.58. The molecular weight excluding hydrogens is 292 g/mol. The number of aromatic nitrogens is 4. The Morgan fingerprint density at radius 1 is 1.59 bits per heavy atom. The zero-order chi connectivity index (χ0) is 15.9. The molecule has 1 fully saturated rings. The van der Waals surface area contributed by atoms with Gasteiger partial charge in [0, 0.05) is 6.42 Å². The molecule has 0 aromatic carbocycles. The highest BCUT2D eigenvalue weighted by Crippen LogP contribution is 2.30. The molecule has 0 saturated carbocycles. The highest BCUT2D eigenvalue weighted by Gasteiger charge is 2.36. The monoisotopic (exact) mass is 308 g/mol. The van der Waals surface area contributed by atoms with E-state index in [-0.39, 0.29) is 42.2 Å². The Kier molecular flexibility index (Phi) is 3.77. The van der Waals surface area contributed by atoms with Crippen molar-refractivity contribution in [2.45, 2.75) is 38.2 Å². The van der Waals surface area contributed by atoms with Gasteiger partial charge in [-0.3, -0.25) is 14.2 Å². The van der Waals surface area contributed by atoms with Gasteiger partial charge in [0.2, 0.25) is 0 Å². The topological polar surface area (TPSA) is 130 Å². The second kappa shape index (κ2) is 5.59. The molecule has 3 N–H and O–H groups in total. The maximum Gasteiger partial charge on any atom is 0.279 e. The summed E-state index contributed by atoms with van der Waals surface area (Å²) in [5.41, 5.74) is -0.107. The molecule has 118 valence electrons. The Hall–Kier alpha value is -2.10. The molecule has 0 spiro atoms. The number of nitrogens with one attached hydrogen (secondary N) is 1. The molecule has 1 aliphatic rings. The first kappa shape index (κ1) is 14.8. The minimum Gasteiger partial charge on any atom is -0.394 e. The molecule has 1 saturated heterocycles. The smallest absolute Gasteiger partial charge is 0.279 e. The summed E-state index contributed by atoms with van der Waals surface area (Å²) < 4.78 is 6.99. The highest BCUT2D eigenvalue weighted by molar-refractivity contribution is 5.78. The first-order chi connectivity index (χ1) is 10.5. The van der Waals surface area contributed by atoms with Gasteiger partial charge < -0.3 is 19.9 Å². The van der Waals surface area contributed by atoms with E-state index in [1.54, 1.807) is 0 Å². The van der Waals surface area contributed by atoms with Crippen molar-refractivity contribution in [2.75, 3.05) is 6.61 Å². The highest BCUT2D eigenvalue weighted by atomic mass is 16.5. The maximum atomic E-state index is 12.0. The number of H-pyrrole nitrogens is 1. The van der Waals surface area contributed by atoms with Gasteiger partial charge in [0.25, 0.3) is 5.56 Å². The predicted octanol–water partition coefficient (Wildman–Crippen LogP) is -1.11. The summed E-state index contributed by atoms with van der Waals surface area (Å²) >= 11 is 0. The summed E-state index contributed by atoms with van der Waals surface area (Å²) in [5, 5.41) is 19.2. The van der Waals surface area contributed by atoms with Gasteiger partial charge in [0.1, 0.15) is 17.7 Å². The minimum absolute atomic E-state index is 0.00367. The molecule has 1 aliphatic heterocycles. The third-order valence-electron chi connectivity index (χ3n) is 3.54. The van der Waals surface area contributed by atoms with E-state index in [2.05, 4.69) is 15.0 Å². The van der Waals surface area contributed by atoms with Crippen LogP contribution < -0.4 is 5.56 Å². The Bertz CT molecular complexity index is 767. The second-order valence-corrected chi connectivity index (χ2v) is 5.35. The van der Waals surface area contributed by atoms with Crippen LogP contribution in [0.4, 0.5) is 0 Å². The van der Waals surface area contributed by atoms with Gasteiger partial charge in [-0.15, -0.1) is 0 Å². The Morgan fingerprint density at radius 2 is 2.36 bits per heavy atom. The third kappa shape index (κ3) is 2.54. The first-order valence-corrected chi connectivity index (χ1v) is 6.89. The predicted molar refractivity (Wildman–Crippen MR) is 74.2 cm³/mol. The van der Waals surface area contributed by atoms with Gasteiger partial charge in [-0.25, -0.2) is 9.97 Å². The average Bonchev–Trinajstić information content (AvgIpc) is 3.01. The number of fused-ring (bicyclic) bond motifs is 1. The van der Waals surface area contributed by atoms with Crippen LogP contribution in [-0.4, -0.2) is 54.3 Å². The maximum absolute atomic E-state index is 12.0. The standard InChI is InChI=1S/C13H16N4O5/c1-6(19)2-9-15-11-10(12(21)16-9)14-5-17(11)13-8(20)3-7(4-18)22-13/h5,7-8,13,18,20H,2-4H2,1H3,(H,15,16,21). The first-order valence-electron chi connectivity index (χ1n) is 6.89. The van der Waals surface area contributed by atoms with Crippen LogP contribution in [0.1, 0.15) is 25.4 Å². The van der Waals surface area contributed by atoms with Gasteiger partial charge in [0.05, 0.1) is 25.5 Å². The van der Waals surface area contributed by atoms with Crippen LogP contribution in [0.3, 0.4) is 0 Å². The molecule has 0 amide bonds. The van der Waals surface area contributed by atoms with Crippen molar-refractivity contribution in [3.63, 3.8) is 0 Å². The number of aromatic amines is 1. The molecule has 22 heavy (non-hydrogen) atoms. The summed E-state index contributed by atoms with van der Waals surface area (Å²) in [5.74, 6) is 0.101. The summed E-state index contributed by atoms with van der Waals surface area (Å²) in [7, 11) is 0. The van der Waals surface area contributed by atoms with Crippen LogP contribution in [-0.2, 0) is 16.0 Å². The fraction of sp³-hybridized carbons (Fsp3) is 0.538. The number of rotatable bonds is 4. The summed E-state index contributed by atoms with van der Waals surface area (Å²) in [6.07, 6.45) is -0.448. The lowest BCUT2D eigenvalue weighted by atomic mass is 10.2. The lowest BCUT2D eigenvalue weighted by Crippen LogP contribution is -2.21. The van der Waals surface area contributed by atoms with E-state index in [4.69, 9.17) is 9.84 Å². The van der Waals surface area contributed by atoms with Gasteiger partial charge >= 0.3 is 0 Å². The summed E-state index contributed by atoms with van der Waals surface area (Å²) in [6.45, 7) is 1.20. The van der Waals surface area contributed by atoms with Crippen LogP contribution in [0.25, 0.3) is 11.2 Å². The van der Waals surface area contributed by atoms with E-state index in [0.29, 0.717) is 0 Å². The third-order valence-corrected chi connectivity index (χ3v) is 3.54. The summed E-state index contributed by atoms with van der Waals surface area (Å²) in [6, 6.07) is 0. The van der Waals surface area contributed by atoms with E-state index in [1.165, 1.54) is 17.8 Å². The molecule has 9 nitrogen and oxygen atoms in total. The second-order valence-electron chi connectivity index (χ2n) is 5.35. The normalized spacial score (nSPS) is 25.0. The van der Waals surface area contributed by atoms with Gasteiger partial charge in [0.15, 0.2) is 17.4 Å².